The van der Waals surface area contributed by atoms with E-state index in [9.17, 15) is 4.79 Å². The summed E-state index contributed by atoms with van der Waals surface area (Å²) in [6, 6.07) is 10.6. The number of aromatic nitrogens is 3. The molecule has 0 aliphatic rings. The number of benzene rings is 1. The number of hydrogen-bond donors (Lipinski definition) is 0. The Bertz CT molecular complexity index is 957. The van der Waals surface area contributed by atoms with Crippen LogP contribution in [0.3, 0.4) is 0 Å². The number of carbonyl (C=O) groups excluding carboxylic acids is 1. The van der Waals surface area contributed by atoms with E-state index in [4.69, 9.17) is 20.8 Å². The minimum Gasteiger partial charge on any atom is -0.475 e. The lowest BCUT2D eigenvalue weighted by Gasteiger charge is -2.20. The van der Waals surface area contributed by atoms with Gasteiger partial charge < -0.3 is 14.1 Å². The molecular formula is C21H23ClN4O3. The number of pyridine rings is 1. The van der Waals surface area contributed by atoms with Crippen LogP contribution in [0.4, 0.5) is 0 Å². The molecule has 0 N–H and O–H groups in total. The van der Waals surface area contributed by atoms with Crippen molar-refractivity contribution in [2.24, 2.45) is 0 Å². The molecule has 29 heavy (non-hydrogen) atoms. The molecule has 0 aliphatic carbocycles. The van der Waals surface area contributed by atoms with E-state index in [1.165, 1.54) is 6.20 Å². The predicted octanol–water partition coefficient (Wildman–Crippen LogP) is 4.62. The fourth-order valence-corrected chi connectivity index (χ4v) is 2.96. The number of hydrogen-bond acceptors (Lipinski definition) is 6. The van der Waals surface area contributed by atoms with E-state index in [0.717, 1.165) is 6.42 Å². The monoisotopic (exact) mass is 414 g/mol. The highest BCUT2D eigenvalue weighted by Gasteiger charge is 2.20. The number of rotatable bonds is 8. The Balaban J connectivity index is 1.75. The lowest BCUT2D eigenvalue weighted by molar-refractivity contribution is 0.0728. The van der Waals surface area contributed by atoms with Gasteiger partial charge in [-0.3, -0.25) is 4.79 Å². The van der Waals surface area contributed by atoms with Gasteiger partial charge in [0, 0.05) is 18.8 Å². The third kappa shape index (κ3) is 5.32. The number of amides is 1. The summed E-state index contributed by atoms with van der Waals surface area (Å²) in [5.41, 5.74) is 1.13. The maximum Gasteiger partial charge on any atom is 0.255 e. The smallest absolute Gasteiger partial charge is 0.255 e. The van der Waals surface area contributed by atoms with Gasteiger partial charge in [0.25, 0.3) is 5.91 Å². The van der Waals surface area contributed by atoms with Crippen LogP contribution < -0.4 is 4.74 Å². The average molecular weight is 415 g/mol. The minimum absolute atomic E-state index is 0.0190. The average Bonchev–Trinajstić information content (AvgIpc) is 3.16. The first kappa shape index (κ1) is 20.8. The molecule has 3 aromatic rings. The van der Waals surface area contributed by atoms with Crippen LogP contribution in [0.1, 0.15) is 43.4 Å². The van der Waals surface area contributed by atoms with E-state index in [2.05, 4.69) is 15.2 Å². The maximum atomic E-state index is 12.9. The van der Waals surface area contributed by atoms with Gasteiger partial charge >= 0.3 is 0 Å². The highest BCUT2D eigenvalue weighted by Crippen LogP contribution is 2.26. The van der Waals surface area contributed by atoms with Crippen molar-refractivity contribution in [2.75, 3.05) is 6.54 Å². The molecule has 0 saturated carbocycles. The SMILES string of the molecule is CCCN(Cc1nnc(-c2ccccc2Cl)o1)C(=O)c1ccc(OC(C)C)nc1. The Morgan fingerprint density at radius 2 is 2.00 bits per heavy atom. The zero-order valence-electron chi connectivity index (χ0n) is 16.6. The van der Waals surface area contributed by atoms with Gasteiger partial charge in [-0.25, -0.2) is 4.98 Å². The van der Waals surface area contributed by atoms with E-state index in [0.29, 0.717) is 40.4 Å². The van der Waals surface area contributed by atoms with Gasteiger partial charge in [-0.15, -0.1) is 10.2 Å². The first-order chi connectivity index (χ1) is 14.0. The standard InChI is InChI=1S/C21H23ClN4O3/c1-4-11-26(21(27)15-9-10-18(23-12-15)28-14(2)3)13-19-24-25-20(29-19)16-7-5-6-8-17(16)22/h5-10,12,14H,4,11,13H2,1-3H3. The molecule has 152 valence electrons. The number of ether oxygens (including phenoxy) is 1. The molecule has 0 bridgehead atoms. The van der Waals surface area contributed by atoms with Crippen LogP contribution in [0.2, 0.25) is 5.02 Å². The van der Waals surface area contributed by atoms with Crippen LogP contribution in [0.25, 0.3) is 11.5 Å². The van der Waals surface area contributed by atoms with Crippen LogP contribution in [-0.2, 0) is 6.54 Å². The van der Waals surface area contributed by atoms with Gasteiger partial charge in [-0.1, -0.05) is 30.7 Å². The second-order valence-electron chi connectivity index (χ2n) is 6.76. The molecule has 2 heterocycles. The van der Waals surface area contributed by atoms with Crippen LogP contribution in [0.15, 0.2) is 47.0 Å². The van der Waals surface area contributed by atoms with Crippen molar-refractivity contribution in [3.8, 4) is 17.3 Å². The zero-order valence-corrected chi connectivity index (χ0v) is 17.4. The van der Waals surface area contributed by atoms with Gasteiger partial charge in [0.05, 0.1) is 28.8 Å². The molecule has 8 heteroatoms. The van der Waals surface area contributed by atoms with Crippen LogP contribution >= 0.6 is 11.6 Å². The number of nitrogens with zero attached hydrogens (tertiary/aromatic N) is 4. The molecule has 1 amide bonds. The third-order valence-electron chi connectivity index (χ3n) is 4.02. The molecule has 0 aliphatic heterocycles. The van der Waals surface area contributed by atoms with E-state index in [1.54, 1.807) is 29.2 Å². The Kier molecular flexibility index (Phi) is 6.82. The van der Waals surface area contributed by atoms with Crippen LogP contribution in [0, 0.1) is 0 Å². The molecule has 0 atom stereocenters. The first-order valence-corrected chi connectivity index (χ1v) is 9.85. The van der Waals surface area contributed by atoms with Gasteiger partial charge in [-0.2, -0.15) is 0 Å². The van der Waals surface area contributed by atoms with E-state index < -0.39 is 0 Å². The Hall–Kier alpha value is -2.93. The Labute approximate surface area is 174 Å². The molecule has 0 saturated heterocycles. The van der Waals surface area contributed by atoms with Crippen molar-refractivity contribution in [1.29, 1.82) is 0 Å². The zero-order chi connectivity index (χ0) is 20.8. The maximum absolute atomic E-state index is 12.9. The lowest BCUT2D eigenvalue weighted by Crippen LogP contribution is -2.31. The van der Waals surface area contributed by atoms with Crippen molar-refractivity contribution < 1.29 is 13.9 Å². The van der Waals surface area contributed by atoms with Crippen LogP contribution in [0.5, 0.6) is 5.88 Å². The molecule has 7 nitrogen and oxygen atoms in total. The highest BCUT2D eigenvalue weighted by molar-refractivity contribution is 6.33. The summed E-state index contributed by atoms with van der Waals surface area (Å²) >= 11 is 6.19. The molecule has 3 rings (SSSR count). The van der Waals surface area contributed by atoms with Gasteiger partial charge in [0.1, 0.15) is 0 Å². The summed E-state index contributed by atoms with van der Waals surface area (Å²) in [4.78, 5) is 18.8. The summed E-state index contributed by atoms with van der Waals surface area (Å²) in [6.45, 7) is 6.60. The molecule has 1 aromatic carbocycles. The largest absolute Gasteiger partial charge is 0.475 e. The Morgan fingerprint density at radius 1 is 1.21 bits per heavy atom. The molecule has 0 fully saturated rings. The topological polar surface area (TPSA) is 81.4 Å². The second-order valence-corrected chi connectivity index (χ2v) is 7.17. The first-order valence-electron chi connectivity index (χ1n) is 9.47. The summed E-state index contributed by atoms with van der Waals surface area (Å²) in [6.07, 6.45) is 2.33. The molecule has 0 unspecified atom stereocenters. The third-order valence-corrected chi connectivity index (χ3v) is 4.35. The van der Waals surface area contributed by atoms with E-state index >= 15 is 0 Å². The number of halogens is 1. The van der Waals surface area contributed by atoms with Gasteiger partial charge in [-0.05, 0) is 38.5 Å². The fraction of sp³-hybridized carbons (Fsp3) is 0.333. The summed E-state index contributed by atoms with van der Waals surface area (Å²) in [5, 5.41) is 8.66. The highest BCUT2D eigenvalue weighted by atomic mass is 35.5. The van der Waals surface area contributed by atoms with Crippen molar-refractivity contribution in [1.82, 2.24) is 20.1 Å². The summed E-state index contributed by atoms with van der Waals surface area (Å²) in [7, 11) is 0. The summed E-state index contributed by atoms with van der Waals surface area (Å²) < 4.78 is 11.3. The predicted molar refractivity (Wildman–Crippen MR) is 110 cm³/mol. The number of carbonyl (C=O) groups is 1. The molecular weight excluding hydrogens is 392 g/mol. The second kappa shape index (κ2) is 9.52. The molecule has 2 aromatic heterocycles. The van der Waals surface area contributed by atoms with Crippen molar-refractivity contribution >= 4 is 17.5 Å². The van der Waals surface area contributed by atoms with Crippen molar-refractivity contribution in [3.05, 3.63) is 59.1 Å². The van der Waals surface area contributed by atoms with Crippen molar-refractivity contribution in [2.45, 2.75) is 39.8 Å². The van der Waals surface area contributed by atoms with Gasteiger partial charge in [0.2, 0.25) is 17.7 Å². The van der Waals surface area contributed by atoms with Crippen molar-refractivity contribution in [3.63, 3.8) is 0 Å². The molecule has 0 spiro atoms. The quantitative estimate of drug-likeness (QED) is 0.534. The normalized spacial score (nSPS) is 10.9. The molecule has 0 radical (unpaired) electrons. The van der Waals surface area contributed by atoms with E-state index in [-0.39, 0.29) is 18.6 Å². The van der Waals surface area contributed by atoms with E-state index in [1.807, 2.05) is 32.9 Å². The minimum atomic E-state index is -0.159. The Morgan fingerprint density at radius 3 is 2.66 bits per heavy atom. The van der Waals surface area contributed by atoms with Crippen LogP contribution in [-0.4, -0.2) is 38.6 Å². The lowest BCUT2D eigenvalue weighted by atomic mass is 10.2. The van der Waals surface area contributed by atoms with Gasteiger partial charge in [0.15, 0.2) is 0 Å². The fourth-order valence-electron chi connectivity index (χ4n) is 2.75. The summed E-state index contributed by atoms with van der Waals surface area (Å²) in [5.74, 6) is 0.994.